The van der Waals surface area contributed by atoms with E-state index in [0.29, 0.717) is 22.7 Å². The molecule has 0 N–H and O–H groups in total. The standard InChI is InChI=1S/C20H20Cl3O4P/c1-11(2)10-28(19(24)17-13(22)8-12(21)9-14(17)23)20(25)18-15(26-3)6-5-7-16(18)27-4/h5-9,11H,10H2,1-4H3. The van der Waals surface area contributed by atoms with Crippen molar-refractivity contribution in [2.24, 2.45) is 5.92 Å². The summed E-state index contributed by atoms with van der Waals surface area (Å²) in [5, 5.41) is 0.564. The molecule has 0 aromatic heterocycles. The zero-order chi connectivity index (χ0) is 21.0. The number of carbonyl (C=O) groups excluding carboxylic acids is 2. The van der Waals surface area contributed by atoms with Gasteiger partial charge in [-0.15, -0.1) is 0 Å². The summed E-state index contributed by atoms with van der Waals surface area (Å²) in [6, 6.07) is 7.92. The second kappa shape index (κ2) is 9.93. The van der Waals surface area contributed by atoms with E-state index in [4.69, 9.17) is 44.3 Å². The molecule has 0 aliphatic carbocycles. The highest BCUT2D eigenvalue weighted by Crippen LogP contribution is 2.50. The van der Waals surface area contributed by atoms with Gasteiger partial charge in [-0.05, 0) is 36.3 Å². The first-order valence-corrected chi connectivity index (χ1v) is 11.1. The van der Waals surface area contributed by atoms with Gasteiger partial charge in [-0.3, -0.25) is 9.59 Å². The van der Waals surface area contributed by atoms with E-state index in [9.17, 15) is 9.59 Å². The second-order valence-corrected chi connectivity index (χ2v) is 9.68. The SMILES string of the molecule is COc1cccc(OC)c1C(=O)P(CC(C)C)C(=O)c1c(Cl)cc(Cl)cc1Cl. The van der Waals surface area contributed by atoms with Gasteiger partial charge in [-0.2, -0.15) is 0 Å². The monoisotopic (exact) mass is 460 g/mol. The Bertz CT molecular complexity index is 854. The molecule has 1 atom stereocenters. The molecule has 0 aliphatic heterocycles. The van der Waals surface area contributed by atoms with Gasteiger partial charge in [-0.25, -0.2) is 0 Å². The van der Waals surface area contributed by atoms with Gasteiger partial charge < -0.3 is 9.47 Å². The average molecular weight is 462 g/mol. The lowest BCUT2D eigenvalue weighted by Crippen LogP contribution is -2.14. The molecule has 2 aromatic carbocycles. The van der Waals surface area contributed by atoms with Crippen molar-refractivity contribution in [3.63, 3.8) is 0 Å². The lowest BCUT2D eigenvalue weighted by Gasteiger charge is -2.21. The maximum Gasteiger partial charge on any atom is 0.199 e. The Morgan fingerprint density at radius 1 is 0.929 bits per heavy atom. The molecule has 0 aliphatic rings. The molecule has 0 heterocycles. The van der Waals surface area contributed by atoms with Gasteiger partial charge in [0.05, 0.1) is 29.8 Å². The predicted octanol–water partition coefficient (Wildman–Crippen LogP) is 6.78. The van der Waals surface area contributed by atoms with Crippen molar-refractivity contribution in [3.05, 3.63) is 56.5 Å². The molecule has 0 amide bonds. The highest BCUT2D eigenvalue weighted by Gasteiger charge is 2.34. The molecular weight excluding hydrogens is 442 g/mol. The molecule has 0 fully saturated rings. The van der Waals surface area contributed by atoms with Crippen molar-refractivity contribution in [1.82, 2.24) is 0 Å². The van der Waals surface area contributed by atoms with Crippen LogP contribution in [0.25, 0.3) is 0 Å². The van der Waals surface area contributed by atoms with Crippen LogP contribution in [0.1, 0.15) is 34.6 Å². The van der Waals surface area contributed by atoms with Crippen LogP contribution in [0.5, 0.6) is 11.5 Å². The van der Waals surface area contributed by atoms with Crippen LogP contribution in [-0.4, -0.2) is 31.4 Å². The minimum absolute atomic E-state index is 0.101. The van der Waals surface area contributed by atoms with Crippen LogP contribution in [0, 0.1) is 5.92 Å². The Kier molecular flexibility index (Phi) is 8.15. The number of benzene rings is 2. The summed E-state index contributed by atoms with van der Waals surface area (Å²) in [6.45, 7) is 3.89. The molecule has 2 rings (SSSR count). The summed E-state index contributed by atoms with van der Waals surface area (Å²) < 4.78 is 10.7. The first-order valence-electron chi connectivity index (χ1n) is 8.43. The van der Waals surface area contributed by atoms with Gasteiger partial charge in [0.1, 0.15) is 17.1 Å². The van der Waals surface area contributed by atoms with E-state index >= 15 is 0 Å². The van der Waals surface area contributed by atoms with Crippen LogP contribution >= 0.6 is 42.7 Å². The predicted molar refractivity (Wildman–Crippen MR) is 116 cm³/mol. The third kappa shape index (κ3) is 4.99. The number of hydrogen-bond acceptors (Lipinski definition) is 4. The third-order valence-electron chi connectivity index (χ3n) is 3.90. The Balaban J connectivity index is 2.60. The summed E-state index contributed by atoms with van der Waals surface area (Å²) >= 11 is 18.4. The van der Waals surface area contributed by atoms with Gasteiger partial charge >= 0.3 is 0 Å². The Hall–Kier alpha value is -1.32. The van der Waals surface area contributed by atoms with Gasteiger partial charge in [0.25, 0.3) is 0 Å². The number of carbonyl (C=O) groups is 2. The van der Waals surface area contributed by atoms with E-state index in [1.54, 1.807) is 18.2 Å². The van der Waals surface area contributed by atoms with Gasteiger partial charge in [0.2, 0.25) is 0 Å². The maximum absolute atomic E-state index is 13.5. The van der Waals surface area contributed by atoms with Crippen molar-refractivity contribution >= 4 is 53.8 Å². The lowest BCUT2D eigenvalue weighted by molar-refractivity contribution is 0.104. The highest BCUT2D eigenvalue weighted by molar-refractivity contribution is 7.90. The van der Waals surface area contributed by atoms with Crippen molar-refractivity contribution in [2.75, 3.05) is 20.4 Å². The van der Waals surface area contributed by atoms with E-state index in [0.717, 1.165) is 0 Å². The lowest BCUT2D eigenvalue weighted by atomic mass is 10.2. The fourth-order valence-electron chi connectivity index (χ4n) is 2.70. The minimum atomic E-state index is -1.81. The smallest absolute Gasteiger partial charge is 0.199 e. The van der Waals surface area contributed by atoms with E-state index < -0.39 is 13.4 Å². The zero-order valence-electron chi connectivity index (χ0n) is 15.9. The summed E-state index contributed by atoms with van der Waals surface area (Å²) in [6.07, 6.45) is 0.378. The van der Waals surface area contributed by atoms with Crippen LogP contribution < -0.4 is 9.47 Å². The van der Waals surface area contributed by atoms with E-state index in [1.807, 2.05) is 13.8 Å². The topological polar surface area (TPSA) is 52.6 Å². The molecule has 0 saturated heterocycles. The largest absolute Gasteiger partial charge is 0.496 e. The van der Waals surface area contributed by atoms with E-state index in [1.165, 1.54) is 26.4 Å². The van der Waals surface area contributed by atoms with Crippen molar-refractivity contribution in [1.29, 1.82) is 0 Å². The van der Waals surface area contributed by atoms with Gasteiger partial charge in [-0.1, -0.05) is 54.7 Å². The molecule has 2 aromatic rings. The Morgan fingerprint density at radius 2 is 1.39 bits per heavy atom. The fraction of sp³-hybridized carbons (Fsp3) is 0.300. The average Bonchev–Trinajstić information content (AvgIpc) is 2.63. The first kappa shape index (κ1) is 23.0. The molecule has 0 spiro atoms. The number of ether oxygens (including phenoxy) is 2. The fourth-order valence-corrected chi connectivity index (χ4v) is 6.07. The molecule has 0 radical (unpaired) electrons. The summed E-state index contributed by atoms with van der Waals surface area (Å²) in [7, 11) is 1.12. The second-order valence-electron chi connectivity index (χ2n) is 6.40. The summed E-state index contributed by atoms with van der Waals surface area (Å²) in [5.74, 6) is 0.799. The Morgan fingerprint density at radius 3 is 1.82 bits per heavy atom. The van der Waals surface area contributed by atoms with E-state index in [2.05, 4.69) is 0 Å². The molecule has 150 valence electrons. The van der Waals surface area contributed by atoms with Crippen LogP contribution in [0.2, 0.25) is 15.1 Å². The van der Waals surface area contributed by atoms with Gasteiger partial charge in [0, 0.05) is 12.9 Å². The molecule has 0 saturated carbocycles. The molecule has 8 heteroatoms. The summed E-state index contributed by atoms with van der Waals surface area (Å²) in [4.78, 5) is 26.8. The number of rotatable bonds is 8. The quantitative estimate of drug-likeness (QED) is 0.406. The molecule has 4 nitrogen and oxygen atoms in total. The summed E-state index contributed by atoms with van der Waals surface area (Å²) in [5.41, 5.74) is -0.381. The molecule has 28 heavy (non-hydrogen) atoms. The molecule has 0 bridgehead atoms. The maximum atomic E-state index is 13.5. The highest BCUT2D eigenvalue weighted by atomic mass is 35.5. The number of methoxy groups -OCH3 is 2. The van der Waals surface area contributed by atoms with Gasteiger partial charge in [0.15, 0.2) is 11.0 Å². The Labute approximate surface area is 180 Å². The van der Waals surface area contributed by atoms with Crippen molar-refractivity contribution in [2.45, 2.75) is 13.8 Å². The van der Waals surface area contributed by atoms with Crippen LogP contribution in [0.4, 0.5) is 0 Å². The van der Waals surface area contributed by atoms with Crippen LogP contribution in [-0.2, 0) is 0 Å². The number of halogens is 3. The minimum Gasteiger partial charge on any atom is -0.496 e. The normalized spacial score (nSPS) is 12.0. The number of hydrogen-bond donors (Lipinski definition) is 0. The van der Waals surface area contributed by atoms with E-state index in [-0.39, 0.29) is 32.6 Å². The zero-order valence-corrected chi connectivity index (χ0v) is 19.0. The first-order chi connectivity index (χ1) is 13.2. The third-order valence-corrected chi connectivity index (χ3v) is 7.24. The van der Waals surface area contributed by atoms with Crippen LogP contribution in [0.15, 0.2) is 30.3 Å². The molecular formula is C20H20Cl3O4P. The van der Waals surface area contributed by atoms with Crippen LogP contribution in [0.3, 0.4) is 0 Å². The van der Waals surface area contributed by atoms with Crippen molar-refractivity contribution < 1.29 is 19.1 Å². The molecule has 1 unspecified atom stereocenters. The van der Waals surface area contributed by atoms with Crippen molar-refractivity contribution in [3.8, 4) is 11.5 Å².